The maximum Gasteiger partial charge on any atom is 0.408 e. The Bertz CT molecular complexity index is 618. The molecule has 0 aliphatic rings. The summed E-state index contributed by atoms with van der Waals surface area (Å²) in [5.74, 6) is -0.663. The number of benzene rings is 1. The molecule has 1 rings (SSSR count). The Labute approximate surface area is 148 Å². The van der Waals surface area contributed by atoms with Crippen molar-refractivity contribution in [2.24, 2.45) is 0 Å². The third-order valence-corrected chi connectivity index (χ3v) is 3.37. The van der Waals surface area contributed by atoms with Crippen LogP contribution in [-0.2, 0) is 14.3 Å². The van der Waals surface area contributed by atoms with Gasteiger partial charge in [-0.1, -0.05) is 24.3 Å². The highest BCUT2D eigenvalue weighted by Gasteiger charge is 2.26. The number of ketones is 1. The molecule has 0 saturated carbocycles. The summed E-state index contributed by atoms with van der Waals surface area (Å²) in [6.45, 7) is 8.92. The van der Waals surface area contributed by atoms with E-state index in [2.05, 4.69) is 5.32 Å². The summed E-state index contributed by atoms with van der Waals surface area (Å²) < 4.78 is 10.1. The molecular weight excluding hydrogens is 322 g/mol. The first-order valence-electron chi connectivity index (χ1n) is 8.39. The second kappa shape index (κ2) is 9.20. The van der Waals surface area contributed by atoms with E-state index in [1.165, 1.54) is 0 Å². The predicted molar refractivity (Wildman–Crippen MR) is 94.5 cm³/mol. The highest BCUT2D eigenvalue weighted by atomic mass is 16.6. The lowest BCUT2D eigenvalue weighted by Gasteiger charge is -2.22. The maximum absolute atomic E-state index is 12.4. The van der Waals surface area contributed by atoms with Crippen LogP contribution in [0.3, 0.4) is 0 Å². The van der Waals surface area contributed by atoms with Gasteiger partial charge in [0.05, 0.1) is 6.61 Å². The fourth-order valence-electron chi connectivity index (χ4n) is 2.24. The van der Waals surface area contributed by atoms with Gasteiger partial charge in [0.2, 0.25) is 0 Å². The smallest absolute Gasteiger partial charge is 0.408 e. The average Bonchev–Trinajstić information content (AvgIpc) is 2.50. The number of aryl methyl sites for hydroxylation is 1. The minimum Gasteiger partial charge on any atom is -0.464 e. The van der Waals surface area contributed by atoms with Gasteiger partial charge in [0.15, 0.2) is 5.78 Å². The van der Waals surface area contributed by atoms with E-state index in [0.717, 1.165) is 5.56 Å². The Kier molecular flexibility index (Phi) is 7.61. The van der Waals surface area contributed by atoms with E-state index in [4.69, 9.17) is 9.47 Å². The van der Waals surface area contributed by atoms with Crippen LogP contribution in [0.2, 0.25) is 0 Å². The van der Waals surface area contributed by atoms with E-state index in [1.54, 1.807) is 39.8 Å². The number of rotatable bonds is 7. The molecule has 0 saturated heterocycles. The molecule has 1 aromatic rings. The highest BCUT2D eigenvalue weighted by Crippen LogP contribution is 2.13. The molecular formula is C19H27NO5. The average molecular weight is 349 g/mol. The van der Waals surface area contributed by atoms with Crippen molar-refractivity contribution in [2.45, 2.75) is 59.1 Å². The fourth-order valence-corrected chi connectivity index (χ4v) is 2.24. The number of hydrogen-bond acceptors (Lipinski definition) is 5. The minimum absolute atomic E-state index is 0.0848. The largest absolute Gasteiger partial charge is 0.464 e. The Hall–Kier alpha value is -2.37. The molecule has 0 radical (unpaired) electrons. The number of alkyl carbamates (subject to hydrolysis) is 1. The Morgan fingerprint density at radius 2 is 1.80 bits per heavy atom. The molecule has 25 heavy (non-hydrogen) atoms. The molecule has 0 aliphatic heterocycles. The molecule has 6 heteroatoms. The summed E-state index contributed by atoms with van der Waals surface area (Å²) in [5, 5.41) is 2.49. The Balaban J connectivity index is 2.74. The number of carbonyl (C=O) groups excluding carboxylic acids is 3. The lowest BCUT2D eigenvalue weighted by molar-refractivity contribution is -0.145. The van der Waals surface area contributed by atoms with Crippen molar-refractivity contribution in [3.8, 4) is 0 Å². The number of ether oxygens (including phenoxy) is 2. The van der Waals surface area contributed by atoms with Crippen LogP contribution in [0.1, 0.15) is 56.5 Å². The van der Waals surface area contributed by atoms with Gasteiger partial charge in [-0.15, -0.1) is 0 Å². The van der Waals surface area contributed by atoms with Crippen molar-refractivity contribution in [2.75, 3.05) is 6.61 Å². The lowest BCUT2D eigenvalue weighted by Crippen LogP contribution is -2.44. The van der Waals surface area contributed by atoms with Crippen molar-refractivity contribution in [1.29, 1.82) is 0 Å². The van der Waals surface area contributed by atoms with Crippen LogP contribution in [0, 0.1) is 6.92 Å². The first kappa shape index (κ1) is 20.7. The maximum atomic E-state index is 12.4. The van der Waals surface area contributed by atoms with Crippen LogP contribution in [0.25, 0.3) is 0 Å². The molecule has 0 fully saturated rings. The zero-order valence-corrected chi connectivity index (χ0v) is 15.5. The number of nitrogens with one attached hydrogen (secondary N) is 1. The fraction of sp³-hybridized carbons (Fsp3) is 0.526. The number of hydrogen-bond donors (Lipinski definition) is 1. The normalized spacial score (nSPS) is 12.2. The van der Waals surface area contributed by atoms with Crippen LogP contribution in [-0.4, -0.2) is 36.1 Å². The molecule has 1 aromatic carbocycles. The molecule has 1 atom stereocenters. The van der Waals surface area contributed by atoms with E-state index in [9.17, 15) is 14.4 Å². The van der Waals surface area contributed by atoms with Gasteiger partial charge < -0.3 is 14.8 Å². The van der Waals surface area contributed by atoms with E-state index >= 15 is 0 Å². The molecule has 0 aliphatic carbocycles. The topological polar surface area (TPSA) is 81.7 Å². The third kappa shape index (κ3) is 7.37. The van der Waals surface area contributed by atoms with E-state index in [-0.39, 0.29) is 25.2 Å². The molecule has 1 N–H and O–H groups in total. The van der Waals surface area contributed by atoms with Gasteiger partial charge in [0, 0.05) is 12.0 Å². The summed E-state index contributed by atoms with van der Waals surface area (Å²) >= 11 is 0. The summed E-state index contributed by atoms with van der Waals surface area (Å²) in [5.41, 5.74) is 0.808. The number of Topliss-reactive ketones (excluding diaryl/α,β-unsaturated/α-hetero) is 1. The first-order chi connectivity index (χ1) is 11.6. The zero-order chi connectivity index (χ0) is 19.0. The van der Waals surface area contributed by atoms with Crippen LogP contribution in [0.15, 0.2) is 24.3 Å². The standard InChI is InChI=1S/C19H27NO5/c1-6-24-17(22)15(20-18(23)25-19(3,4)5)11-12-16(21)14-10-8-7-9-13(14)2/h7-10,15H,6,11-12H2,1-5H3,(H,20,23)/t15-/m0/s1. The van der Waals surface area contributed by atoms with Crippen molar-refractivity contribution >= 4 is 17.8 Å². The Morgan fingerprint density at radius 1 is 1.16 bits per heavy atom. The minimum atomic E-state index is -0.928. The van der Waals surface area contributed by atoms with Crippen LogP contribution >= 0.6 is 0 Å². The second-order valence-corrected chi connectivity index (χ2v) is 6.73. The predicted octanol–water partition coefficient (Wildman–Crippen LogP) is 3.41. The molecule has 6 nitrogen and oxygen atoms in total. The van der Waals surface area contributed by atoms with Gasteiger partial charge in [-0.2, -0.15) is 0 Å². The number of esters is 1. The summed E-state index contributed by atoms with van der Waals surface area (Å²) in [7, 11) is 0. The quantitative estimate of drug-likeness (QED) is 0.602. The van der Waals surface area contributed by atoms with Crippen molar-refractivity contribution in [3.63, 3.8) is 0 Å². The molecule has 138 valence electrons. The van der Waals surface area contributed by atoms with Crippen molar-refractivity contribution in [3.05, 3.63) is 35.4 Å². The van der Waals surface area contributed by atoms with Gasteiger partial charge in [0.25, 0.3) is 0 Å². The highest BCUT2D eigenvalue weighted by molar-refractivity contribution is 5.97. The summed E-state index contributed by atoms with van der Waals surface area (Å²) in [4.78, 5) is 36.3. The first-order valence-corrected chi connectivity index (χ1v) is 8.39. The summed E-state index contributed by atoms with van der Waals surface area (Å²) in [6, 6.07) is 6.33. The molecule has 0 bridgehead atoms. The molecule has 0 aromatic heterocycles. The van der Waals surface area contributed by atoms with Crippen molar-refractivity contribution in [1.82, 2.24) is 5.32 Å². The Morgan fingerprint density at radius 3 is 2.36 bits per heavy atom. The second-order valence-electron chi connectivity index (χ2n) is 6.73. The van der Waals surface area contributed by atoms with Crippen LogP contribution < -0.4 is 5.32 Å². The van der Waals surface area contributed by atoms with Gasteiger partial charge in [0.1, 0.15) is 11.6 Å². The van der Waals surface area contributed by atoms with Crippen LogP contribution in [0.5, 0.6) is 0 Å². The monoisotopic (exact) mass is 349 g/mol. The van der Waals surface area contributed by atoms with Gasteiger partial charge in [-0.3, -0.25) is 4.79 Å². The van der Waals surface area contributed by atoms with E-state index in [1.807, 2.05) is 19.1 Å². The van der Waals surface area contributed by atoms with Crippen molar-refractivity contribution < 1.29 is 23.9 Å². The number of carbonyl (C=O) groups is 3. The van der Waals surface area contributed by atoms with Crippen LogP contribution in [0.4, 0.5) is 4.79 Å². The van der Waals surface area contributed by atoms with Gasteiger partial charge in [-0.25, -0.2) is 9.59 Å². The molecule has 0 heterocycles. The molecule has 1 amide bonds. The molecule has 0 spiro atoms. The lowest BCUT2D eigenvalue weighted by atomic mass is 9.99. The zero-order valence-electron chi connectivity index (χ0n) is 15.5. The van der Waals surface area contributed by atoms with E-state index < -0.39 is 23.7 Å². The summed E-state index contributed by atoms with van der Waals surface area (Å²) in [6.07, 6.45) is -0.455. The van der Waals surface area contributed by atoms with Gasteiger partial charge >= 0.3 is 12.1 Å². The number of amides is 1. The van der Waals surface area contributed by atoms with Gasteiger partial charge in [-0.05, 0) is 46.6 Å². The SMILES string of the molecule is CCOC(=O)[C@H](CCC(=O)c1ccccc1C)NC(=O)OC(C)(C)C. The molecule has 0 unspecified atom stereocenters. The van der Waals surface area contributed by atoms with E-state index in [0.29, 0.717) is 5.56 Å². The third-order valence-electron chi connectivity index (χ3n) is 3.37.